The number of rotatable bonds is 3. The maximum absolute atomic E-state index is 4.53. The van der Waals surface area contributed by atoms with E-state index in [0.717, 1.165) is 29.1 Å². The van der Waals surface area contributed by atoms with Crippen molar-refractivity contribution in [2.75, 3.05) is 37.8 Å². The van der Waals surface area contributed by atoms with Gasteiger partial charge >= 0.3 is 0 Å². The molecule has 1 unspecified atom stereocenters. The minimum atomic E-state index is 0.484. The third-order valence-corrected chi connectivity index (χ3v) is 4.09. The van der Waals surface area contributed by atoms with Crippen molar-refractivity contribution in [1.82, 2.24) is 14.9 Å². The summed E-state index contributed by atoms with van der Waals surface area (Å²) in [7, 11) is 4.00. The smallest absolute Gasteiger partial charge is 0.225 e. The molecule has 1 fully saturated rings. The zero-order valence-corrected chi connectivity index (χ0v) is 11.4. The third kappa shape index (κ3) is 2.13. The molecule has 0 aliphatic carbocycles. The summed E-state index contributed by atoms with van der Waals surface area (Å²) >= 11 is 1.65. The van der Waals surface area contributed by atoms with Gasteiger partial charge in [-0.1, -0.05) is 0 Å². The topological polar surface area (TPSA) is 53.1 Å². The monoisotopic (exact) mass is 263 g/mol. The van der Waals surface area contributed by atoms with E-state index in [-0.39, 0.29) is 0 Å². The number of thiophene rings is 1. The van der Waals surface area contributed by atoms with E-state index in [1.807, 2.05) is 7.05 Å². The molecule has 0 amide bonds. The summed E-state index contributed by atoms with van der Waals surface area (Å²) in [5, 5.41) is 9.75. The van der Waals surface area contributed by atoms with Crippen LogP contribution in [0.1, 0.15) is 6.42 Å². The Morgan fingerprint density at radius 2 is 2.33 bits per heavy atom. The lowest BCUT2D eigenvalue weighted by Crippen LogP contribution is -2.24. The molecule has 3 rings (SSSR count). The predicted molar refractivity (Wildman–Crippen MR) is 76.5 cm³/mol. The highest BCUT2D eigenvalue weighted by Crippen LogP contribution is 2.27. The van der Waals surface area contributed by atoms with E-state index < -0.39 is 0 Å². The molecule has 96 valence electrons. The Morgan fingerprint density at radius 3 is 3.06 bits per heavy atom. The van der Waals surface area contributed by atoms with Crippen LogP contribution >= 0.6 is 11.3 Å². The standard InChI is InChI=1S/C12H17N5S/c1-13-12-15-10(9-4-6-18-11(9)16-12)14-8-3-5-17(2)7-8/h4,6,8H,3,5,7H2,1-2H3,(H2,13,14,15,16). The lowest BCUT2D eigenvalue weighted by Gasteiger charge is -2.14. The van der Waals surface area contributed by atoms with Gasteiger partial charge in [0.05, 0.1) is 5.39 Å². The highest BCUT2D eigenvalue weighted by atomic mass is 32.1. The summed E-state index contributed by atoms with van der Waals surface area (Å²) in [6.07, 6.45) is 1.17. The molecule has 1 aliphatic heterocycles. The van der Waals surface area contributed by atoms with Crippen molar-refractivity contribution in [1.29, 1.82) is 0 Å². The van der Waals surface area contributed by atoms with Crippen LogP contribution in [-0.2, 0) is 0 Å². The average Bonchev–Trinajstić information content (AvgIpc) is 2.98. The molecule has 3 heterocycles. The van der Waals surface area contributed by atoms with E-state index in [1.165, 1.54) is 6.42 Å². The van der Waals surface area contributed by atoms with Gasteiger partial charge in [0.2, 0.25) is 5.95 Å². The second kappa shape index (κ2) is 4.70. The van der Waals surface area contributed by atoms with Crippen LogP contribution in [0.15, 0.2) is 11.4 Å². The Bertz CT molecular complexity index is 552. The molecule has 0 spiro atoms. The Balaban J connectivity index is 1.92. The molecule has 0 saturated carbocycles. The normalized spacial score (nSPS) is 20.4. The number of aromatic nitrogens is 2. The van der Waals surface area contributed by atoms with Crippen molar-refractivity contribution in [3.05, 3.63) is 11.4 Å². The Kier molecular flexibility index (Phi) is 3.05. The van der Waals surface area contributed by atoms with E-state index >= 15 is 0 Å². The van der Waals surface area contributed by atoms with Gasteiger partial charge in [0.25, 0.3) is 0 Å². The molecule has 1 atom stereocenters. The fourth-order valence-electron chi connectivity index (χ4n) is 2.32. The summed E-state index contributed by atoms with van der Waals surface area (Å²) in [5.41, 5.74) is 0. The number of hydrogen-bond donors (Lipinski definition) is 2. The average molecular weight is 263 g/mol. The fourth-order valence-corrected chi connectivity index (χ4v) is 3.09. The van der Waals surface area contributed by atoms with Gasteiger partial charge in [0, 0.05) is 19.6 Å². The number of fused-ring (bicyclic) bond motifs is 1. The molecule has 2 aromatic heterocycles. The first-order valence-corrected chi connectivity index (χ1v) is 7.02. The van der Waals surface area contributed by atoms with Gasteiger partial charge in [0.15, 0.2) is 0 Å². The van der Waals surface area contributed by atoms with Gasteiger partial charge in [-0.05, 0) is 31.5 Å². The van der Waals surface area contributed by atoms with Crippen LogP contribution in [0, 0.1) is 0 Å². The number of anilines is 2. The molecule has 1 aliphatic rings. The molecule has 0 radical (unpaired) electrons. The van der Waals surface area contributed by atoms with E-state index in [4.69, 9.17) is 0 Å². The van der Waals surface area contributed by atoms with Crippen LogP contribution in [0.3, 0.4) is 0 Å². The molecule has 1 saturated heterocycles. The molecule has 6 heteroatoms. The summed E-state index contributed by atoms with van der Waals surface area (Å²) < 4.78 is 0. The highest BCUT2D eigenvalue weighted by Gasteiger charge is 2.20. The Morgan fingerprint density at radius 1 is 1.44 bits per heavy atom. The fraction of sp³-hybridized carbons (Fsp3) is 0.500. The lowest BCUT2D eigenvalue weighted by molar-refractivity contribution is 0.414. The first kappa shape index (κ1) is 11.7. The van der Waals surface area contributed by atoms with Crippen LogP contribution in [0.5, 0.6) is 0 Å². The van der Waals surface area contributed by atoms with Crippen LogP contribution in [0.25, 0.3) is 10.2 Å². The van der Waals surface area contributed by atoms with Gasteiger partial charge in [-0.2, -0.15) is 4.98 Å². The number of likely N-dealkylation sites (tertiary alicyclic amines) is 1. The van der Waals surface area contributed by atoms with Crippen molar-refractivity contribution in [2.45, 2.75) is 12.5 Å². The van der Waals surface area contributed by atoms with Gasteiger partial charge in [-0.3, -0.25) is 0 Å². The van der Waals surface area contributed by atoms with Crippen LogP contribution in [0.4, 0.5) is 11.8 Å². The third-order valence-electron chi connectivity index (χ3n) is 3.28. The predicted octanol–water partition coefficient (Wildman–Crippen LogP) is 1.85. The van der Waals surface area contributed by atoms with Gasteiger partial charge in [-0.15, -0.1) is 11.3 Å². The second-order valence-corrected chi connectivity index (χ2v) is 5.57. The molecule has 0 bridgehead atoms. The lowest BCUT2D eigenvalue weighted by atomic mass is 10.2. The first-order chi connectivity index (χ1) is 8.76. The summed E-state index contributed by atoms with van der Waals surface area (Å²) in [6.45, 7) is 2.22. The number of hydrogen-bond acceptors (Lipinski definition) is 6. The molecule has 0 aromatic carbocycles. The van der Waals surface area contributed by atoms with E-state index in [1.54, 1.807) is 11.3 Å². The van der Waals surface area contributed by atoms with Crippen LogP contribution < -0.4 is 10.6 Å². The first-order valence-electron chi connectivity index (χ1n) is 6.14. The quantitative estimate of drug-likeness (QED) is 0.885. The zero-order chi connectivity index (χ0) is 12.5. The van der Waals surface area contributed by atoms with Gasteiger partial charge < -0.3 is 15.5 Å². The maximum Gasteiger partial charge on any atom is 0.225 e. The number of nitrogens with one attached hydrogen (secondary N) is 2. The summed E-state index contributed by atoms with van der Waals surface area (Å²) in [6, 6.07) is 2.57. The summed E-state index contributed by atoms with van der Waals surface area (Å²) in [5.74, 6) is 1.63. The van der Waals surface area contributed by atoms with Crippen LogP contribution in [0.2, 0.25) is 0 Å². The minimum absolute atomic E-state index is 0.484. The number of nitrogens with zero attached hydrogens (tertiary/aromatic N) is 3. The second-order valence-electron chi connectivity index (χ2n) is 4.68. The highest BCUT2D eigenvalue weighted by molar-refractivity contribution is 7.16. The van der Waals surface area contributed by atoms with Gasteiger partial charge in [0.1, 0.15) is 10.6 Å². The summed E-state index contributed by atoms with van der Waals surface area (Å²) in [4.78, 5) is 12.4. The SMILES string of the molecule is CNc1nc(NC2CCN(C)C2)c2ccsc2n1. The van der Waals surface area contributed by atoms with Crippen molar-refractivity contribution in [3.63, 3.8) is 0 Å². The molecular weight excluding hydrogens is 246 g/mol. The Labute approximate surface area is 110 Å². The molecule has 5 nitrogen and oxygen atoms in total. The van der Waals surface area contributed by atoms with E-state index in [0.29, 0.717) is 12.0 Å². The molecule has 2 N–H and O–H groups in total. The Hall–Kier alpha value is -1.40. The molecular formula is C12H17N5S. The maximum atomic E-state index is 4.53. The molecule has 18 heavy (non-hydrogen) atoms. The van der Waals surface area contributed by atoms with Crippen molar-refractivity contribution in [2.24, 2.45) is 0 Å². The van der Waals surface area contributed by atoms with Gasteiger partial charge in [-0.25, -0.2) is 4.98 Å². The van der Waals surface area contributed by atoms with Crippen LogP contribution in [-0.4, -0.2) is 48.1 Å². The largest absolute Gasteiger partial charge is 0.365 e. The molecule has 2 aromatic rings. The van der Waals surface area contributed by atoms with E-state index in [9.17, 15) is 0 Å². The van der Waals surface area contributed by atoms with Crippen molar-refractivity contribution < 1.29 is 0 Å². The number of likely N-dealkylation sites (N-methyl/N-ethyl adjacent to an activating group) is 1. The van der Waals surface area contributed by atoms with Crippen molar-refractivity contribution in [3.8, 4) is 0 Å². The minimum Gasteiger partial charge on any atom is -0.365 e. The zero-order valence-electron chi connectivity index (χ0n) is 10.6. The van der Waals surface area contributed by atoms with Crippen molar-refractivity contribution >= 4 is 33.3 Å². The van der Waals surface area contributed by atoms with E-state index in [2.05, 4.69) is 44.0 Å².